The normalized spacial score (nSPS) is 26.1. The van der Waals surface area contributed by atoms with Crippen LogP contribution in [0.25, 0.3) is 0 Å². The molecular weight excluding hydrogens is 322 g/mol. The van der Waals surface area contributed by atoms with Crippen LogP contribution in [0.15, 0.2) is 0 Å². The average molecular weight is 353 g/mol. The Morgan fingerprint density at radius 1 is 1.28 bits per heavy atom. The maximum absolute atomic E-state index is 12.5. The molecule has 0 aromatic rings. The third-order valence-electron chi connectivity index (χ3n) is 5.51. The molecule has 3 heterocycles. The van der Waals surface area contributed by atoms with Gasteiger partial charge in [0.2, 0.25) is 0 Å². The Labute approximate surface area is 150 Å². The maximum Gasteiger partial charge on any atom is 0.410 e. The summed E-state index contributed by atoms with van der Waals surface area (Å²) in [6.45, 7) is 6.87. The van der Waals surface area contributed by atoms with Gasteiger partial charge in [0.15, 0.2) is 0 Å². The maximum atomic E-state index is 12.5. The van der Waals surface area contributed by atoms with E-state index in [2.05, 4.69) is 12.2 Å². The van der Waals surface area contributed by atoms with Gasteiger partial charge < -0.3 is 24.6 Å². The van der Waals surface area contributed by atoms with Crippen LogP contribution >= 0.6 is 0 Å². The number of nitrogens with zero attached hydrogens (tertiary/aromatic N) is 2. The summed E-state index contributed by atoms with van der Waals surface area (Å²) in [5.74, 6) is 0.0581. The van der Waals surface area contributed by atoms with E-state index in [1.54, 1.807) is 0 Å². The van der Waals surface area contributed by atoms with Crippen LogP contribution < -0.4 is 5.32 Å². The Morgan fingerprint density at radius 2 is 2.08 bits per heavy atom. The third kappa shape index (κ3) is 4.44. The molecule has 3 aliphatic heterocycles. The van der Waals surface area contributed by atoms with Crippen molar-refractivity contribution in [3.05, 3.63) is 0 Å². The highest BCUT2D eigenvalue weighted by molar-refractivity contribution is 5.81. The predicted molar refractivity (Wildman–Crippen MR) is 93.4 cm³/mol. The van der Waals surface area contributed by atoms with Gasteiger partial charge in [-0.15, -0.1) is 0 Å². The molecule has 3 aliphatic rings. The number of hydrogen-bond donors (Lipinski definition) is 1. The van der Waals surface area contributed by atoms with Gasteiger partial charge in [0, 0.05) is 45.6 Å². The van der Waals surface area contributed by atoms with Crippen molar-refractivity contribution < 1.29 is 19.1 Å². The molecule has 1 N–H and O–H groups in total. The zero-order valence-corrected chi connectivity index (χ0v) is 15.3. The van der Waals surface area contributed by atoms with Crippen molar-refractivity contribution >= 4 is 12.0 Å². The van der Waals surface area contributed by atoms with E-state index >= 15 is 0 Å². The zero-order chi connectivity index (χ0) is 17.7. The van der Waals surface area contributed by atoms with Gasteiger partial charge in [0.05, 0.1) is 13.2 Å². The van der Waals surface area contributed by atoms with Gasteiger partial charge in [0.1, 0.15) is 11.7 Å². The molecule has 0 radical (unpaired) electrons. The van der Waals surface area contributed by atoms with Gasteiger partial charge in [-0.05, 0) is 6.42 Å². The van der Waals surface area contributed by atoms with E-state index in [1.165, 1.54) is 12.8 Å². The summed E-state index contributed by atoms with van der Waals surface area (Å²) in [7, 11) is 0. The summed E-state index contributed by atoms with van der Waals surface area (Å²) in [4.78, 5) is 28.4. The minimum Gasteiger partial charge on any atom is -0.441 e. The highest BCUT2D eigenvalue weighted by atomic mass is 16.6. The van der Waals surface area contributed by atoms with Crippen LogP contribution in [0.1, 0.15) is 45.4 Å². The number of amides is 2. The van der Waals surface area contributed by atoms with Gasteiger partial charge in [-0.1, -0.05) is 26.2 Å². The molecule has 0 aliphatic carbocycles. The van der Waals surface area contributed by atoms with Gasteiger partial charge in [-0.3, -0.25) is 4.79 Å². The Kier molecular flexibility index (Phi) is 6.17. The number of piperidine rings is 1. The highest BCUT2D eigenvalue weighted by Gasteiger charge is 2.47. The van der Waals surface area contributed by atoms with Gasteiger partial charge in [0.25, 0.3) is 5.91 Å². The number of unbranched alkanes of at least 4 members (excludes halogenated alkanes) is 3. The molecule has 1 spiro atoms. The van der Waals surface area contributed by atoms with E-state index in [1.807, 2.05) is 9.80 Å². The molecule has 7 heteroatoms. The molecule has 3 fully saturated rings. The topological polar surface area (TPSA) is 71.1 Å². The van der Waals surface area contributed by atoms with E-state index in [4.69, 9.17) is 9.47 Å². The summed E-state index contributed by atoms with van der Waals surface area (Å²) >= 11 is 0. The zero-order valence-electron chi connectivity index (χ0n) is 15.3. The van der Waals surface area contributed by atoms with Crippen molar-refractivity contribution in [3.8, 4) is 0 Å². The van der Waals surface area contributed by atoms with Crippen LogP contribution in [0, 0.1) is 0 Å². The largest absolute Gasteiger partial charge is 0.441 e. The third-order valence-corrected chi connectivity index (χ3v) is 5.51. The van der Waals surface area contributed by atoms with Crippen molar-refractivity contribution in [2.45, 2.75) is 57.2 Å². The number of nitrogens with one attached hydrogen (secondary N) is 1. The van der Waals surface area contributed by atoms with E-state index in [-0.39, 0.29) is 18.1 Å². The average Bonchev–Trinajstić information content (AvgIpc) is 2.95. The second kappa shape index (κ2) is 8.36. The fraction of sp³-hybridized carbons (Fsp3) is 0.889. The lowest BCUT2D eigenvalue weighted by atomic mass is 9.91. The summed E-state index contributed by atoms with van der Waals surface area (Å²) in [5, 5.41) is 3.19. The minimum atomic E-state index is -0.399. The standard InChI is InChI=1S/C18H31N3O4/c1-2-3-4-5-9-21-14-18(25-17(21)23)6-10-20(11-7-18)16(22)15-13-19-8-12-24-15/h15,19H,2-14H2,1H3/t15-/m0/s1. The summed E-state index contributed by atoms with van der Waals surface area (Å²) in [6.07, 6.45) is 5.48. The first-order chi connectivity index (χ1) is 12.1. The van der Waals surface area contributed by atoms with Gasteiger partial charge in [-0.2, -0.15) is 0 Å². The van der Waals surface area contributed by atoms with Crippen molar-refractivity contribution in [1.29, 1.82) is 0 Å². The van der Waals surface area contributed by atoms with Crippen LogP contribution in [0.4, 0.5) is 4.79 Å². The van der Waals surface area contributed by atoms with Crippen LogP contribution in [0.5, 0.6) is 0 Å². The smallest absolute Gasteiger partial charge is 0.410 e. The molecule has 7 nitrogen and oxygen atoms in total. The number of rotatable bonds is 6. The molecule has 2 amide bonds. The number of morpholine rings is 1. The molecule has 3 saturated heterocycles. The molecule has 25 heavy (non-hydrogen) atoms. The monoisotopic (exact) mass is 353 g/mol. The fourth-order valence-corrected chi connectivity index (χ4v) is 3.92. The van der Waals surface area contributed by atoms with Crippen molar-refractivity contribution in [3.63, 3.8) is 0 Å². The second-order valence-corrected chi connectivity index (χ2v) is 7.42. The van der Waals surface area contributed by atoms with Crippen LogP contribution in [0.2, 0.25) is 0 Å². The first-order valence-electron chi connectivity index (χ1n) is 9.72. The number of likely N-dealkylation sites (tertiary alicyclic amines) is 1. The number of carbonyl (C=O) groups excluding carboxylic acids is 2. The van der Waals surface area contributed by atoms with E-state index in [0.717, 1.165) is 38.8 Å². The lowest BCUT2D eigenvalue weighted by Crippen LogP contribution is -2.54. The Balaban J connectivity index is 1.46. The summed E-state index contributed by atoms with van der Waals surface area (Å²) < 4.78 is 11.3. The first-order valence-corrected chi connectivity index (χ1v) is 9.72. The Morgan fingerprint density at radius 3 is 2.76 bits per heavy atom. The van der Waals surface area contributed by atoms with Crippen LogP contribution in [-0.4, -0.2) is 79.4 Å². The molecule has 0 bridgehead atoms. The second-order valence-electron chi connectivity index (χ2n) is 7.42. The lowest BCUT2D eigenvalue weighted by Gasteiger charge is -2.39. The summed E-state index contributed by atoms with van der Waals surface area (Å²) in [6, 6.07) is 0. The van der Waals surface area contributed by atoms with Crippen molar-refractivity contribution in [2.24, 2.45) is 0 Å². The molecule has 3 rings (SSSR count). The molecule has 0 aromatic carbocycles. The molecule has 1 atom stereocenters. The minimum absolute atomic E-state index is 0.0581. The Bertz CT molecular complexity index is 471. The highest BCUT2D eigenvalue weighted by Crippen LogP contribution is 2.33. The van der Waals surface area contributed by atoms with E-state index < -0.39 is 5.60 Å². The molecule has 0 unspecified atom stereocenters. The first kappa shape index (κ1) is 18.5. The lowest BCUT2D eigenvalue weighted by molar-refractivity contribution is -0.148. The number of hydrogen-bond acceptors (Lipinski definition) is 5. The predicted octanol–water partition coefficient (Wildman–Crippen LogP) is 1.37. The number of carbonyl (C=O) groups is 2. The fourth-order valence-electron chi connectivity index (χ4n) is 3.92. The van der Waals surface area contributed by atoms with E-state index in [0.29, 0.717) is 32.8 Å². The molecule has 0 saturated carbocycles. The number of ether oxygens (including phenoxy) is 2. The Hall–Kier alpha value is -1.34. The van der Waals surface area contributed by atoms with Crippen molar-refractivity contribution in [2.75, 3.05) is 45.9 Å². The quantitative estimate of drug-likeness (QED) is 0.730. The SMILES string of the molecule is CCCCCCN1CC2(CCN(C(=O)[C@@H]3CNCCO3)CC2)OC1=O. The van der Waals surface area contributed by atoms with Crippen LogP contribution in [0.3, 0.4) is 0 Å². The molecule has 0 aromatic heterocycles. The van der Waals surface area contributed by atoms with E-state index in [9.17, 15) is 9.59 Å². The van der Waals surface area contributed by atoms with Crippen LogP contribution in [-0.2, 0) is 14.3 Å². The van der Waals surface area contributed by atoms with Gasteiger partial charge in [-0.25, -0.2) is 4.79 Å². The molecular formula is C18H31N3O4. The van der Waals surface area contributed by atoms with Crippen molar-refractivity contribution in [1.82, 2.24) is 15.1 Å². The van der Waals surface area contributed by atoms with Gasteiger partial charge >= 0.3 is 6.09 Å². The molecule has 142 valence electrons. The summed E-state index contributed by atoms with van der Waals surface area (Å²) in [5.41, 5.74) is -0.399.